The second-order valence-electron chi connectivity index (χ2n) is 7.20. The zero-order valence-electron chi connectivity index (χ0n) is 16.0. The molecule has 0 saturated carbocycles. The summed E-state index contributed by atoms with van der Waals surface area (Å²) in [6.45, 7) is 4.39. The quantitative estimate of drug-likeness (QED) is 0.643. The topological polar surface area (TPSA) is 72.6 Å². The van der Waals surface area contributed by atoms with Gasteiger partial charge in [0.25, 0.3) is 0 Å². The lowest BCUT2D eigenvalue weighted by Gasteiger charge is -2.34. The van der Waals surface area contributed by atoms with Crippen LogP contribution in [0.3, 0.4) is 0 Å². The van der Waals surface area contributed by atoms with Gasteiger partial charge in [-0.25, -0.2) is 0 Å². The molecule has 1 aliphatic heterocycles. The van der Waals surface area contributed by atoms with Gasteiger partial charge in [0.05, 0.1) is 12.2 Å². The van der Waals surface area contributed by atoms with Gasteiger partial charge in [-0.3, -0.25) is 9.59 Å². The van der Waals surface area contributed by atoms with Crippen molar-refractivity contribution in [2.24, 2.45) is 11.7 Å². The lowest BCUT2D eigenvalue weighted by molar-refractivity contribution is 0.0999. The largest absolute Gasteiger partial charge is 0.494 e. The minimum absolute atomic E-state index is 0.418. The summed E-state index contributed by atoms with van der Waals surface area (Å²) in [5, 5.41) is 0. The van der Waals surface area contributed by atoms with Crippen LogP contribution in [0.4, 0.5) is 5.69 Å². The highest BCUT2D eigenvalue weighted by molar-refractivity contribution is 9.10. The Morgan fingerprint density at radius 1 is 1.29 bits per heavy atom. The molecule has 0 bridgehead atoms. The van der Waals surface area contributed by atoms with Gasteiger partial charge in [-0.05, 0) is 83.9 Å². The number of rotatable bonds is 7. The molecule has 1 amide bonds. The van der Waals surface area contributed by atoms with E-state index in [9.17, 15) is 9.59 Å². The van der Waals surface area contributed by atoms with Crippen molar-refractivity contribution in [3.63, 3.8) is 0 Å². The lowest BCUT2D eigenvalue weighted by Crippen LogP contribution is -2.34. The summed E-state index contributed by atoms with van der Waals surface area (Å²) in [5.41, 5.74) is 8.42. The molecule has 1 saturated heterocycles. The third kappa shape index (κ3) is 4.73. The summed E-state index contributed by atoms with van der Waals surface area (Å²) < 4.78 is 6.71. The van der Waals surface area contributed by atoms with Crippen LogP contribution in [0.1, 0.15) is 45.5 Å². The fourth-order valence-electron chi connectivity index (χ4n) is 3.73. The smallest absolute Gasteiger partial charge is 0.248 e. The highest BCUT2D eigenvalue weighted by Crippen LogP contribution is 2.30. The van der Waals surface area contributed by atoms with Crippen molar-refractivity contribution >= 4 is 33.8 Å². The van der Waals surface area contributed by atoms with Gasteiger partial charge in [-0.1, -0.05) is 6.07 Å². The van der Waals surface area contributed by atoms with Crippen LogP contribution in [0.15, 0.2) is 40.9 Å². The standard InChI is InChI=1S/C22H25BrN2O3/c1-15-13-17(5-6-18(15)22(24)27)28-12-9-16-7-10-25(11-8-16)21-4-2-3-20(23)19(21)14-26/h2-6,13-14,16H,7-12H2,1H3,(H2,24,27). The number of halogens is 1. The van der Waals surface area contributed by atoms with Gasteiger partial charge < -0.3 is 15.4 Å². The van der Waals surface area contributed by atoms with E-state index in [-0.39, 0.29) is 0 Å². The van der Waals surface area contributed by atoms with Crippen molar-refractivity contribution in [2.45, 2.75) is 26.2 Å². The van der Waals surface area contributed by atoms with E-state index in [1.807, 2.05) is 31.2 Å². The number of anilines is 1. The zero-order valence-corrected chi connectivity index (χ0v) is 17.6. The molecule has 1 heterocycles. The van der Waals surface area contributed by atoms with Crippen LogP contribution in [-0.2, 0) is 0 Å². The predicted molar refractivity (Wildman–Crippen MR) is 114 cm³/mol. The van der Waals surface area contributed by atoms with Crippen LogP contribution >= 0.6 is 15.9 Å². The maximum Gasteiger partial charge on any atom is 0.248 e. The van der Waals surface area contributed by atoms with Crippen molar-refractivity contribution in [3.8, 4) is 5.75 Å². The average Bonchev–Trinajstić information content (AvgIpc) is 2.68. The highest BCUT2D eigenvalue weighted by atomic mass is 79.9. The summed E-state index contributed by atoms with van der Waals surface area (Å²) in [4.78, 5) is 25.0. The van der Waals surface area contributed by atoms with Crippen molar-refractivity contribution in [2.75, 3.05) is 24.6 Å². The van der Waals surface area contributed by atoms with E-state index in [0.29, 0.717) is 18.1 Å². The number of carbonyl (C=O) groups excluding carboxylic acids is 2. The predicted octanol–water partition coefficient (Wildman–Crippen LogP) is 4.35. The zero-order chi connectivity index (χ0) is 20.1. The monoisotopic (exact) mass is 444 g/mol. The van der Waals surface area contributed by atoms with Crippen molar-refractivity contribution in [1.29, 1.82) is 0 Å². The molecule has 5 nitrogen and oxygen atoms in total. The number of benzene rings is 2. The van der Waals surface area contributed by atoms with Crippen LogP contribution in [0.5, 0.6) is 5.75 Å². The maximum absolute atomic E-state index is 11.4. The molecule has 0 aliphatic carbocycles. The van der Waals surface area contributed by atoms with Crippen molar-refractivity contribution in [1.82, 2.24) is 0 Å². The molecule has 0 aromatic heterocycles. The van der Waals surface area contributed by atoms with Crippen LogP contribution in [0.25, 0.3) is 0 Å². The number of nitrogens with two attached hydrogens (primary N) is 1. The highest BCUT2D eigenvalue weighted by Gasteiger charge is 2.21. The Balaban J connectivity index is 1.49. The van der Waals surface area contributed by atoms with Gasteiger partial charge in [0.1, 0.15) is 5.75 Å². The van der Waals surface area contributed by atoms with E-state index in [2.05, 4.69) is 20.8 Å². The molecule has 2 N–H and O–H groups in total. The van der Waals surface area contributed by atoms with Crippen LogP contribution in [-0.4, -0.2) is 31.9 Å². The Bertz CT molecular complexity index is 861. The van der Waals surface area contributed by atoms with Crippen LogP contribution in [0, 0.1) is 12.8 Å². The minimum Gasteiger partial charge on any atom is -0.494 e. The molecule has 1 fully saturated rings. The van der Waals surface area contributed by atoms with Gasteiger partial charge in [0, 0.05) is 28.8 Å². The molecule has 0 spiro atoms. The van der Waals surface area contributed by atoms with E-state index in [4.69, 9.17) is 10.5 Å². The molecule has 1 aliphatic rings. The Morgan fingerprint density at radius 3 is 2.68 bits per heavy atom. The van der Waals surface area contributed by atoms with Crippen LogP contribution in [0.2, 0.25) is 0 Å². The molecule has 6 heteroatoms. The Labute approximate surface area is 174 Å². The number of carbonyl (C=O) groups is 2. The molecular weight excluding hydrogens is 420 g/mol. The number of ether oxygens (including phenoxy) is 1. The van der Waals surface area contributed by atoms with Crippen molar-refractivity contribution in [3.05, 3.63) is 57.6 Å². The number of hydrogen-bond acceptors (Lipinski definition) is 4. The number of amides is 1. The summed E-state index contributed by atoms with van der Waals surface area (Å²) in [6.07, 6.45) is 4.07. The molecule has 0 unspecified atom stereocenters. The second kappa shape index (κ2) is 9.24. The normalized spacial score (nSPS) is 14.7. The molecule has 2 aromatic rings. The number of aryl methyl sites for hydroxylation is 1. The molecule has 148 valence electrons. The third-order valence-electron chi connectivity index (χ3n) is 5.36. The number of nitrogens with zero attached hydrogens (tertiary/aromatic N) is 1. The van der Waals surface area contributed by atoms with E-state index >= 15 is 0 Å². The first-order chi connectivity index (χ1) is 13.5. The first kappa shape index (κ1) is 20.4. The van der Waals surface area contributed by atoms with Gasteiger partial charge in [-0.2, -0.15) is 0 Å². The first-order valence-electron chi connectivity index (χ1n) is 9.51. The minimum atomic E-state index is -0.418. The lowest BCUT2D eigenvalue weighted by atomic mass is 9.93. The number of aldehydes is 1. The number of hydrogen-bond donors (Lipinski definition) is 1. The fraction of sp³-hybridized carbons (Fsp3) is 0.364. The Kier molecular flexibility index (Phi) is 6.73. The number of piperidine rings is 1. The van der Waals surface area contributed by atoms with Crippen molar-refractivity contribution < 1.29 is 14.3 Å². The fourth-order valence-corrected chi connectivity index (χ4v) is 4.18. The summed E-state index contributed by atoms with van der Waals surface area (Å²) in [7, 11) is 0. The van der Waals surface area contributed by atoms with E-state index in [1.165, 1.54) is 0 Å². The molecular formula is C22H25BrN2O3. The van der Waals surface area contributed by atoms with Gasteiger partial charge in [0.2, 0.25) is 5.91 Å². The Hall–Kier alpha value is -2.34. The molecule has 2 aromatic carbocycles. The van der Waals surface area contributed by atoms with E-state index in [1.54, 1.807) is 12.1 Å². The Morgan fingerprint density at radius 2 is 2.04 bits per heavy atom. The van der Waals surface area contributed by atoms with Gasteiger partial charge >= 0.3 is 0 Å². The summed E-state index contributed by atoms with van der Waals surface area (Å²) >= 11 is 3.46. The maximum atomic E-state index is 11.4. The molecule has 28 heavy (non-hydrogen) atoms. The summed E-state index contributed by atoms with van der Waals surface area (Å²) in [6, 6.07) is 11.2. The second-order valence-corrected chi connectivity index (χ2v) is 8.05. The first-order valence-corrected chi connectivity index (χ1v) is 10.3. The summed E-state index contributed by atoms with van der Waals surface area (Å²) in [5.74, 6) is 0.956. The number of primary amides is 1. The SMILES string of the molecule is Cc1cc(OCCC2CCN(c3cccc(Br)c3C=O)CC2)ccc1C(N)=O. The van der Waals surface area contributed by atoms with Crippen LogP contribution < -0.4 is 15.4 Å². The van der Waals surface area contributed by atoms with Gasteiger partial charge in [-0.15, -0.1) is 0 Å². The molecule has 3 rings (SSSR count). The average molecular weight is 445 g/mol. The van der Waals surface area contributed by atoms with E-state index in [0.717, 1.165) is 65.7 Å². The molecule has 0 radical (unpaired) electrons. The van der Waals surface area contributed by atoms with Gasteiger partial charge in [0.15, 0.2) is 6.29 Å². The molecule has 0 atom stereocenters. The third-order valence-corrected chi connectivity index (χ3v) is 6.05. The van der Waals surface area contributed by atoms with E-state index < -0.39 is 5.91 Å².